The molecule has 1 atom stereocenters. The number of ether oxygens (including phenoxy) is 2. The lowest BCUT2D eigenvalue weighted by atomic mass is 10.2. The Kier molecular flexibility index (Phi) is 5.23. The Bertz CT molecular complexity index is 861. The Hall–Kier alpha value is -3.68. The van der Waals surface area contributed by atoms with Crippen LogP contribution in [0.25, 0.3) is 6.08 Å². The van der Waals surface area contributed by atoms with Crippen molar-refractivity contribution in [3.63, 3.8) is 0 Å². The van der Waals surface area contributed by atoms with E-state index in [4.69, 9.17) is 9.47 Å². The normalized spacial score (nSPS) is 15.9. The van der Waals surface area contributed by atoms with Crippen LogP contribution in [0.15, 0.2) is 59.7 Å². The molecule has 132 valence electrons. The van der Waals surface area contributed by atoms with E-state index in [1.54, 1.807) is 42.5 Å². The molecule has 0 bridgehead atoms. The molecule has 2 aromatic carbocycles. The van der Waals surface area contributed by atoms with Gasteiger partial charge in [-0.15, -0.1) is 0 Å². The van der Waals surface area contributed by atoms with Crippen molar-refractivity contribution in [2.45, 2.75) is 6.10 Å². The Balaban J connectivity index is 1.49. The van der Waals surface area contributed by atoms with Crippen molar-refractivity contribution in [2.24, 2.45) is 5.10 Å². The second-order valence-corrected chi connectivity index (χ2v) is 5.33. The van der Waals surface area contributed by atoms with Gasteiger partial charge in [-0.3, -0.25) is 14.9 Å². The zero-order valence-corrected chi connectivity index (χ0v) is 13.6. The van der Waals surface area contributed by atoms with Gasteiger partial charge in [0, 0.05) is 18.3 Å². The number of hydrogen-bond donors (Lipinski definition) is 1. The van der Waals surface area contributed by atoms with Crippen molar-refractivity contribution in [3.05, 3.63) is 70.3 Å². The Labute approximate surface area is 148 Å². The Morgan fingerprint density at radius 3 is 2.65 bits per heavy atom. The lowest BCUT2D eigenvalue weighted by Gasteiger charge is -2.24. The highest BCUT2D eigenvalue weighted by molar-refractivity contribution is 5.84. The summed E-state index contributed by atoms with van der Waals surface area (Å²) >= 11 is 0. The largest absolute Gasteiger partial charge is 0.485 e. The number of hydrogen-bond acceptors (Lipinski definition) is 6. The number of nitro groups is 1. The highest BCUT2D eigenvalue weighted by atomic mass is 16.6. The van der Waals surface area contributed by atoms with E-state index in [0.29, 0.717) is 11.5 Å². The van der Waals surface area contributed by atoms with E-state index in [-0.39, 0.29) is 12.3 Å². The van der Waals surface area contributed by atoms with E-state index < -0.39 is 16.9 Å². The first-order valence-electron chi connectivity index (χ1n) is 7.76. The highest BCUT2D eigenvalue weighted by Gasteiger charge is 2.26. The maximum absolute atomic E-state index is 12.0. The molecule has 0 fully saturated rings. The van der Waals surface area contributed by atoms with Crippen LogP contribution in [0, 0.1) is 10.1 Å². The molecule has 0 saturated carbocycles. The Morgan fingerprint density at radius 1 is 1.19 bits per heavy atom. The van der Waals surface area contributed by atoms with E-state index in [9.17, 15) is 14.9 Å². The van der Waals surface area contributed by atoms with Gasteiger partial charge in [-0.25, -0.2) is 5.43 Å². The van der Waals surface area contributed by atoms with Gasteiger partial charge < -0.3 is 9.47 Å². The number of hydrazone groups is 1. The van der Waals surface area contributed by atoms with Crippen molar-refractivity contribution in [1.82, 2.24) is 5.43 Å². The maximum Gasteiger partial charge on any atom is 0.284 e. The zero-order valence-electron chi connectivity index (χ0n) is 13.6. The summed E-state index contributed by atoms with van der Waals surface area (Å²) in [4.78, 5) is 22.1. The van der Waals surface area contributed by atoms with Gasteiger partial charge in [-0.2, -0.15) is 5.10 Å². The summed E-state index contributed by atoms with van der Waals surface area (Å²) in [7, 11) is 0. The molecule has 0 aromatic heterocycles. The third kappa shape index (κ3) is 4.23. The smallest absolute Gasteiger partial charge is 0.284 e. The zero-order chi connectivity index (χ0) is 18.4. The van der Waals surface area contributed by atoms with E-state index in [1.807, 2.05) is 6.07 Å². The van der Waals surface area contributed by atoms with Gasteiger partial charge in [0.2, 0.25) is 6.10 Å². The summed E-state index contributed by atoms with van der Waals surface area (Å²) in [5, 5.41) is 14.4. The van der Waals surface area contributed by atoms with Crippen molar-refractivity contribution in [1.29, 1.82) is 0 Å². The van der Waals surface area contributed by atoms with Crippen LogP contribution >= 0.6 is 0 Å². The number of nitro benzene ring substituents is 1. The quantitative estimate of drug-likeness (QED) is 0.505. The second kappa shape index (κ2) is 7.93. The predicted octanol–water partition coefficient (Wildman–Crippen LogP) is 2.55. The number of allylic oxidation sites excluding steroid dienone is 1. The van der Waals surface area contributed by atoms with Crippen LogP contribution in [0.3, 0.4) is 0 Å². The predicted molar refractivity (Wildman–Crippen MR) is 95.1 cm³/mol. The Morgan fingerprint density at radius 2 is 1.92 bits per heavy atom. The number of nitrogens with one attached hydrogen (secondary N) is 1. The van der Waals surface area contributed by atoms with Crippen LogP contribution in [0.5, 0.6) is 11.5 Å². The van der Waals surface area contributed by atoms with E-state index in [1.165, 1.54) is 18.3 Å². The molecule has 0 saturated heterocycles. The number of carbonyl (C=O) groups is 1. The second-order valence-electron chi connectivity index (χ2n) is 5.33. The molecule has 3 rings (SSSR count). The lowest BCUT2D eigenvalue weighted by Crippen LogP contribution is -2.42. The van der Waals surface area contributed by atoms with Crippen molar-refractivity contribution in [3.8, 4) is 11.5 Å². The molecule has 1 heterocycles. The topological polar surface area (TPSA) is 103 Å². The van der Waals surface area contributed by atoms with E-state index >= 15 is 0 Å². The number of rotatable bonds is 5. The molecule has 2 aromatic rings. The van der Waals surface area contributed by atoms with Gasteiger partial charge in [-0.1, -0.05) is 18.2 Å². The average molecular weight is 353 g/mol. The number of fused-ring (bicyclic) bond motifs is 1. The third-order valence-electron chi connectivity index (χ3n) is 3.53. The van der Waals surface area contributed by atoms with Gasteiger partial charge in [0.25, 0.3) is 11.6 Å². The van der Waals surface area contributed by atoms with Crippen LogP contribution in [0.1, 0.15) is 5.56 Å². The van der Waals surface area contributed by atoms with E-state index in [2.05, 4.69) is 10.5 Å². The minimum Gasteiger partial charge on any atom is -0.485 e. The molecule has 1 N–H and O–H groups in total. The molecule has 0 spiro atoms. The maximum atomic E-state index is 12.0. The molecular formula is C18H15N3O5. The van der Waals surface area contributed by atoms with Crippen molar-refractivity contribution >= 4 is 23.9 Å². The summed E-state index contributed by atoms with van der Waals surface area (Å²) in [6.45, 7) is 0.108. The molecular weight excluding hydrogens is 338 g/mol. The number of benzene rings is 2. The first-order valence-corrected chi connectivity index (χ1v) is 7.76. The minimum atomic E-state index is -0.777. The van der Waals surface area contributed by atoms with E-state index in [0.717, 1.165) is 5.56 Å². The first kappa shape index (κ1) is 17.2. The molecule has 26 heavy (non-hydrogen) atoms. The molecule has 1 amide bonds. The number of para-hydroxylation sites is 2. The molecule has 0 radical (unpaired) electrons. The molecule has 0 unspecified atom stereocenters. The van der Waals surface area contributed by atoms with Crippen LogP contribution in [0.2, 0.25) is 0 Å². The molecule has 8 heteroatoms. The molecule has 1 aliphatic heterocycles. The van der Waals surface area contributed by atoms with Crippen LogP contribution in [-0.2, 0) is 4.79 Å². The summed E-state index contributed by atoms with van der Waals surface area (Å²) in [5.74, 6) is 0.700. The average Bonchev–Trinajstić information content (AvgIpc) is 2.67. The standard InChI is InChI=1S/C18H15N3O5/c22-18(17-12-25-15-5-1-2-6-16(15)26-17)20-19-11-3-4-13-7-9-14(10-8-13)21(23)24/h1-11,17H,12H2,(H,20,22)/b4-3+,19-11-/t17-/m1/s1. The number of nitrogens with zero attached hydrogens (tertiary/aromatic N) is 2. The summed E-state index contributed by atoms with van der Waals surface area (Å²) in [5.41, 5.74) is 3.18. The van der Waals surface area contributed by atoms with Gasteiger partial charge in [0.05, 0.1) is 4.92 Å². The lowest BCUT2D eigenvalue weighted by molar-refractivity contribution is -0.384. The fraction of sp³-hybridized carbons (Fsp3) is 0.111. The first-order chi connectivity index (χ1) is 12.6. The van der Waals surface area contributed by atoms with Gasteiger partial charge in [0.15, 0.2) is 11.5 Å². The van der Waals surface area contributed by atoms with Crippen molar-refractivity contribution < 1.29 is 19.2 Å². The summed E-state index contributed by atoms with van der Waals surface area (Å²) in [6.07, 6.45) is 3.93. The van der Waals surface area contributed by atoms with Crippen LogP contribution < -0.4 is 14.9 Å². The van der Waals surface area contributed by atoms with Crippen LogP contribution in [-0.4, -0.2) is 29.8 Å². The fourth-order valence-corrected chi connectivity index (χ4v) is 2.23. The highest BCUT2D eigenvalue weighted by Crippen LogP contribution is 2.30. The fourth-order valence-electron chi connectivity index (χ4n) is 2.23. The molecule has 0 aliphatic carbocycles. The monoisotopic (exact) mass is 353 g/mol. The van der Waals surface area contributed by atoms with Crippen molar-refractivity contribution in [2.75, 3.05) is 6.61 Å². The summed E-state index contributed by atoms with van der Waals surface area (Å²) in [6, 6.07) is 13.2. The number of non-ortho nitro benzene ring substituents is 1. The molecule has 8 nitrogen and oxygen atoms in total. The van der Waals surface area contributed by atoms with Gasteiger partial charge in [0.1, 0.15) is 6.61 Å². The molecule has 1 aliphatic rings. The minimum absolute atomic E-state index is 0.0272. The van der Waals surface area contributed by atoms with Crippen LogP contribution in [0.4, 0.5) is 5.69 Å². The third-order valence-corrected chi connectivity index (χ3v) is 3.53. The van der Waals surface area contributed by atoms with Gasteiger partial charge in [-0.05, 0) is 35.9 Å². The SMILES string of the molecule is O=C(N/N=C\C=C\c1ccc([N+](=O)[O-])cc1)[C@H]1COc2ccccc2O1. The number of carbonyl (C=O) groups excluding carboxylic acids is 1. The van der Waals surface area contributed by atoms with Gasteiger partial charge >= 0.3 is 0 Å². The number of amides is 1. The summed E-state index contributed by atoms with van der Waals surface area (Å²) < 4.78 is 11.0.